The molecule has 0 saturated carbocycles. The van der Waals surface area contributed by atoms with Crippen LogP contribution in [0.25, 0.3) is 10.9 Å². The van der Waals surface area contributed by atoms with Crippen molar-refractivity contribution in [1.29, 1.82) is 0 Å². The number of pyridine rings is 1. The normalized spacial score (nSPS) is 16.1. The number of amides is 1. The van der Waals surface area contributed by atoms with E-state index in [2.05, 4.69) is 15.2 Å². The molecule has 0 radical (unpaired) electrons. The van der Waals surface area contributed by atoms with Gasteiger partial charge in [0.2, 0.25) is 5.91 Å². The highest BCUT2D eigenvalue weighted by atomic mass is 19.1. The summed E-state index contributed by atoms with van der Waals surface area (Å²) in [6.07, 6.45) is 3.39. The third-order valence-corrected chi connectivity index (χ3v) is 4.32. The number of carbonyl (C=O) groups excluding carboxylic acids is 1. The lowest BCUT2D eigenvalue weighted by Gasteiger charge is -2.33. The van der Waals surface area contributed by atoms with Gasteiger partial charge in [0.1, 0.15) is 5.82 Å². The molecule has 2 aromatic rings. The predicted molar refractivity (Wildman–Crippen MR) is 89.9 cm³/mol. The van der Waals surface area contributed by atoms with Crippen molar-refractivity contribution in [3.63, 3.8) is 0 Å². The van der Waals surface area contributed by atoms with Crippen LogP contribution >= 0.6 is 0 Å². The Morgan fingerprint density at radius 2 is 2.04 bits per heavy atom. The standard InChI is InChI=1S/C18H22FN3O/c1-12(2)21-18(23)13-6-9-22(10-7-13)17-5-8-20-16-11-14(19)3-4-15(16)17/h3-5,8,11-13H,6-7,9-10H2,1-2H3,(H,21,23). The molecule has 1 aliphatic heterocycles. The van der Waals surface area contributed by atoms with E-state index in [1.54, 1.807) is 12.3 Å². The predicted octanol–water partition coefficient (Wildman–Crippen LogP) is 3.11. The summed E-state index contributed by atoms with van der Waals surface area (Å²) in [7, 11) is 0. The molecule has 4 nitrogen and oxygen atoms in total. The van der Waals surface area contributed by atoms with Gasteiger partial charge in [-0.25, -0.2) is 4.39 Å². The van der Waals surface area contributed by atoms with Crippen LogP contribution in [0.5, 0.6) is 0 Å². The topological polar surface area (TPSA) is 45.2 Å². The lowest BCUT2D eigenvalue weighted by Crippen LogP contribution is -2.42. The smallest absolute Gasteiger partial charge is 0.223 e. The summed E-state index contributed by atoms with van der Waals surface area (Å²) in [5.74, 6) is -0.0354. The van der Waals surface area contributed by atoms with Gasteiger partial charge in [-0.15, -0.1) is 0 Å². The van der Waals surface area contributed by atoms with Gasteiger partial charge < -0.3 is 10.2 Å². The molecule has 122 valence electrons. The van der Waals surface area contributed by atoms with E-state index in [1.165, 1.54) is 12.1 Å². The number of hydrogen-bond donors (Lipinski definition) is 1. The van der Waals surface area contributed by atoms with E-state index >= 15 is 0 Å². The first-order valence-corrected chi connectivity index (χ1v) is 8.14. The fourth-order valence-electron chi connectivity index (χ4n) is 3.17. The average Bonchev–Trinajstić information content (AvgIpc) is 2.53. The molecule has 2 heterocycles. The highest BCUT2D eigenvalue weighted by Crippen LogP contribution is 2.29. The lowest BCUT2D eigenvalue weighted by molar-refractivity contribution is -0.126. The molecule has 0 unspecified atom stereocenters. The number of carbonyl (C=O) groups is 1. The van der Waals surface area contributed by atoms with Gasteiger partial charge in [-0.2, -0.15) is 0 Å². The number of piperidine rings is 1. The Balaban J connectivity index is 1.74. The van der Waals surface area contributed by atoms with Crippen LogP contribution in [0.3, 0.4) is 0 Å². The zero-order valence-corrected chi connectivity index (χ0v) is 13.6. The van der Waals surface area contributed by atoms with Crippen LogP contribution in [-0.4, -0.2) is 30.0 Å². The van der Waals surface area contributed by atoms with Crippen molar-refractivity contribution in [2.45, 2.75) is 32.7 Å². The molecule has 0 atom stereocenters. The molecule has 1 aliphatic rings. The lowest BCUT2D eigenvalue weighted by atomic mass is 9.95. The minimum absolute atomic E-state index is 0.0826. The fraction of sp³-hybridized carbons (Fsp3) is 0.444. The molecule has 0 spiro atoms. The van der Waals surface area contributed by atoms with E-state index in [0.717, 1.165) is 37.0 Å². The van der Waals surface area contributed by atoms with Crippen molar-refractivity contribution in [3.05, 3.63) is 36.3 Å². The first-order chi connectivity index (χ1) is 11.0. The summed E-state index contributed by atoms with van der Waals surface area (Å²) >= 11 is 0. The van der Waals surface area contributed by atoms with E-state index in [4.69, 9.17) is 0 Å². The van der Waals surface area contributed by atoms with E-state index in [-0.39, 0.29) is 23.7 Å². The number of hydrogen-bond acceptors (Lipinski definition) is 3. The van der Waals surface area contributed by atoms with E-state index in [0.29, 0.717) is 5.52 Å². The molecule has 5 heteroatoms. The highest BCUT2D eigenvalue weighted by molar-refractivity contribution is 5.91. The number of halogens is 1. The summed E-state index contributed by atoms with van der Waals surface area (Å²) in [5.41, 5.74) is 1.74. The van der Waals surface area contributed by atoms with Crippen LogP contribution in [0.15, 0.2) is 30.5 Å². The Morgan fingerprint density at radius 1 is 1.30 bits per heavy atom. The molecule has 1 aromatic carbocycles. The highest BCUT2D eigenvalue weighted by Gasteiger charge is 2.26. The zero-order chi connectivity index (χ0) is 16.4. The second-order valence-corrected chi connectivity index (χ2v) is 6.42. The number of benzene rings is 1. The van der Waals surface area contributed by atoms with Crippen molar-refractivity contribution < 1.29 is 9.18 Å². The number of nitrogens with zero attached hydrogens (tertiary/aromatic N) is 2. The third kappa shape index (κ3) is 3.44. The molecule has 23 heavy (non-hydrogen) atoms. The van der Waals surface area contributed by atoms with Crippen LogP contribution in [-0.2, 0) is 4.79 Å². The van der Waals surface area contributed by atoms with Gasteiger partial charge >= 0.3 is 0 Å². The molecule has 1 saturated heterocycles. The van der Waals surface area contributed by atoms with Crippen LogP contribution in [0.2, 0.25) is 0 Å². The van der Waals surface area contributed by atoms with E-state index in [1.807, 2.05) is 19.9 Å². The van der Waals surface area contributed by atoms with Gasteiger partial charge in [0.25, 0.3) is 0 Å². The Bertz CT molecular complexity index is 708. The Hall–Kier alpha value is -2.17. The van der Waals surface area contributed by atoms with Gasteiger partial charge in [-0.1, -0.05) is 0 Å². The Morgan fingerprint density at radius 3 is 2.74 bits per heavy atom. The number of rotatable bonds is 3. The maximum Gasteiger partial charge on any atom is 0.223 e. The van der Waals surface area contributed by atoms with Crippen molar-refractivity contribution in [2.24, 2.45) is 5.92 Å². The van der Waals surface area contributed by atoms with Crippen molar-refractivity contribution in [3.8, 4) is 0 Å². The molecule has 1 N–H and O–H groups in total. The third-order valence-electron chi connectivity index (χ3n) is 4.32. The monoisotopic (exact) mass is 315 g/mol. The number of anilines is 1. The minimum atomic E-state index is -0.272. The van der Waals surface area contributed by atoms with Crippen LogP contribution in [0.1, 0.15) is 26.7 Å². The average molecular weight is 315 g/mol. The Kier molecular flexibility index (Phi) is 4.46. The van der Waals surface area contributed by atoms with Gasteiger partial charge in [0.15, 0.2) is 0 Å². The summed E-state index contributed by atoms with van der Waals surface area (Å²) in [6, 6.07) is 6.86. The Labute approximate surface area is 135 Å². The number of aromatic nitrogens is 1. The molecule has 1 fully saturated rings. The summed E-state index contributed by atoms with van der Waals surface area (Å²) in [6.45, 7) is 5.61. The minimum Gasteiger partial charge on any atom is -0.371 e. The molecule has 0 bridgehead atoms. The maximum atomic E-state index is 13.4. The summed E-state index contributed by atoms with van der Waals surface area (Å²) in [4.78, 5) is 18.6. The largest absolute Gasteiger partial charge is 0.371 e. The fourth-order valence-corrected chi connectivity index (χ4v) is 3.17. The molecule has 3 rings (SSSR count). The molecule has 0 aliphatic carbocycles. The molecular formula is C18H22FN3O. The zero-order valence-electron chi connectivity index (χ0n) is 13.6. The van der Waals surface area contributed by atoms with E-state index in [9.17, 15) is 9.18 Å². The van der Waals surface area contributed by atoms with E-state index < -0.39 is 0 Å². The number of fused-ring (bicyclic) bond motifs is 1. The maximum absolute atomic E-state index is 13.4. The number of nitrogens with one attached hydrogen (secondary N) is 1. The second kappa shape index (κ2) is 6.52. The first kappa shape index (κ1) is 15.7. The van der Waals surface area contributed by atoms with Crippen molar-refractivity contribution in [1.82, 2.24) is 10.3 Å². The molecular weight excluding hydrogens is 293 g/mol. The molecule has 1 aromatic heterocycles. The van der Waals surface area contributed by atoms with Gasteiger partial charge in [0, 0.05) is 48.4 Å². The molecule has 1 amide bonds. The van der Waals surface area contributed by atoms with Gasteiger partial charge in [-0.3, -0.25) is 9.78 Å². The summed E-state index contributed by atoms with van der Waals surface area (Å²) < 4.78 is 13.4. The van der Waals surface area contributed by atoms with Gasteiger partial charge in [0.05, 0.1) is 5.52 Å². The van der Waals surface area contributed by atoms with Crippen LogP contribution in [0.4, 0.5) is 10.1 Å². The van der Waals surface area contributed by atoms with Crippen LogP contribution in [0, 0.1) is 11.7 Å². The van der Waals surface area contributed by atoms with Crippen LogP contribution < -0.4 is 10.2 Å². The van der Waals surface area contributed by atoms with Gasteiger partial charge in [-0.05, 0) is 44.9 Å². The first-order valence-electron chi connectivity index (χ1n) is 8.14. The summed E-state index contributed by atoms with van der Waals surface area (Å²) in [5, 5.41) is 3.95. The quantitative estimate of drug-likeness (QED) is 0.946. The second-order valence-electron chi connectivity index (χ2n) is 6.42. The van der Waals surface area contributed by atoms with Crippen molar-refractivity contribution >= 4 is 22.5 Å². The van der Waals surface area contributed by atoms with Crippen molar-refractivity contribution in [2.75, 3.05) is 18.0 Å². The SMILES string of the molecule is CC(C)NC(=O)C1CCN(c2ccnc3cc(F)ccc23)CC1.